The molecular weight excluding hydrogens is 399 g/mol. The fourth-order valence-corrected chi connectivity index (χ4v) is 2.12. The van der Waals surface area contributed by atoms with E-state index in [0.717, 1.165) is 30.7 Å². The van der Waals surface area contributed by atoms with Gasteiger partial charge in [0.1, 0.15) is 11.9 Å². The van der Waals surface area contributed by atoms with Crippen molar-refractivity contribution in [2.75, 3.05) is 13.6 Å². The minimum absolute atomic E-state index is 0. The molecule has 0 aromatic heterocycles. The second-order valence-electron chi connectivity index (χ2n) is 5.41. The number of benzene rings is 2. The van der Waals surface area contributed by atoms with Crippen LogP contribution in [0.2, 0.25) is 0 Å². The van der Waals surface area contributed by atoms with Gasteiger partial charge in [-0.25, -0.2) is 10.3 Å². The Balaban J connectivity index is 0.00000108. The number of carbonyl (C=O) groups is 1. The number of hydrogen-bond donors (Lipinski definition) is 4. The van der Waals surface area contributed by atoms with Crippen molar-refractivity contribution in [3.05, 3.63) is 65.7 Å². The van der Waals surface area contributed by atoms with Crippen molar-refractivity contribution in [1.82, 2.24) is 10.8 Å². The summed E-state index contributed by atoms with van der Waals surface area (Å²) in [6, 6.07) is 13.5. The van der Waals surface area contributed by atoms with Crippen molar-refractivity contribution in [1.29, 1.82) is 0 Å². The van der Waals surface area contributed by atoms with E-state index in [1.165, 1.54) is 17.6 Å². The molecule has 0 aliphatic heterocycles. The summed E-state index contributed by atoms with van der Waals surface area (Å²) >= 11 is 0. The quantitative estimate of drug-likeness (QED) is 0.420. The van der Waals surface area contributed by atoms with Crippen LogP contribution in [-0.2, 0) is 6.18 Å². The predicted molar refractivity (Wildman–Crippen MR) is 102 cm³/mol. The van der Waals surface area contributed by atoms with Crippen molar-refractivity contribution in [2.24, 2.45) is 5.73 Å². The van der Waals surface area contributed by atoms with Gasteiger partial charge < -0.3 is 15.8 Å². The van der Waals surface area contributed by atoms with Crippen molar-refractivity contribution < 1.29 is 27.9 Å². The minimum Gasteiger partial charge on any atom is -0.486 e. The summed E-state index contributed by atoms with van der Waals surface area (Å²) in [5, 5.41) is 10.5. The highest BCUT2D eigenvalue weighted by molar-refractivity contribution is 5.85. The lowest BCUT2D eigenvalue weighted by atomic mass is 10.1. The van der Waals surface area contributed by atoms with E-state index in [0.29, 0.717) is 5.75 Å². The lowest BCUT2D eigenvalue weighted by Crippen LogP contribution is -2.25. The summed E-state index contributed by atoms with van der Waals surface area (Å²) < 4.78 is 43.6. The zero-order valence-electron chi connectivity index (χ0n) is 15.1. The standard InChI is InChI=1S/C17H18F3NO.CH4N2O2.ClH/c1-21-12-11-16(13-5-3-2-4-6-13)22-15-9-7-14(8-10-15)17(18,19)20;2-1(4)3-5;/h2-10,16,21H,11-12H2,1H3;5H,(H3,2,3,4);1H. The van der Waals surface area contributed by atoms with E-state index < -0.39 is 17.8 Å². The largest absolute Gasteiger partial charge is 0.486 e. The number of halogens is 4. The number of ether oxygens (including phenoxy) is 1. The summed E-state index contributed by atoms with van der Waals surface area (Å²) in [4.78, 5) is 9.23. The molecule has 0 aliphatic rings. The Labute approximate surface area is 167 Å². The minimum atomic E-state index is -4.33. The molecular formula is C18H23ClF3N3O3. The number of nitrogens with two attached hydrogens (primary N) is 1. The molecule has 2 amide bonds. The third kappa shape index (κ3) is 9.45. The van der Waals surface area contributed by atoms with E-state index in [2.05, 4.69) is 11.1 Å². The van der Waals surface area contributed by atoms with Gasteiger partial charge in [0.05, 0.1) is 5.56 Å². The number of primary amides is 1. The Morgan fingerprint density at radius 2 is 1.68 bits per heavy atom. The number of amides is 2. The molecule has 156 valence electrons. The third-order valence-electron chi connectivity index (χ3n) is 3.40. The van der Waals surface area contributed by atoms with Gasteiger partial charge in [-0.2, -0.15) is 13.2 Å². The van der Waals surface area contributed by atoms with Gasteiger partial charge in [-0.15, -0.1) is 12.4 Å². The van der Waals surface area contributed by atoms with E-state index in [1.54, 1.807) is 0 Å². The highest BCUT2D eigenvalue weighted by Gasteiger charge is 2.30. The molecule has 0 heterocycles. The number of urea groups is 1. The summed E-state index contributed by atoms with van der Waals surface area (Å²) in [5.74, 6) is 0.429. The number of nitrogens with one attached hydrogen (secondary N) is 2. The second-order valence-corrected chi connectivity index (χ2v) is 5.41. The van der Waals surface area contributed by atoms with Gasteiger partial charge in [0.25, 0.3) is 0 Å². The Morgan fingerprint density at radius 1 is 1.14 bits per heavy atom. The number of hydroxylamine groups is 1. The Bertz CT molecular complexity index is 686. The summed E-state index contributed by atoms with van der Waals surface area (Å²) in [6.45, 7) is 0.750. The van der Waals surface area contributed by atoms with Gasteiger partial charge in [0.15, 0.2) is 0 Å². The van der Waals surface area contributed by atoms with Crippen LogP contribution in [0.4, 0.5) is 18.0 Å². The molecule has 2 aromatic carbocycles. The summed E-state index contributed by atoms with van der Waals surface area (Å²) in [5.41, 5.74) is 5.78. The molecule has 0 spiro atoms. The number of hydrogen-bond acceptors (Lipinski definition) is 4. The molecule has 1 unspecified atom stereocenters. The summed E-state index contributed by atoms with van der Waals surface area (Å²) in [7, 11) is 1.85. The maximum atomic E-state index is 12.6. The lowest BCUT2D eigenvalue weighted by Gasteiger charge is -2.20. The maximum Gasteiger partial charge on any atom is 0.416 e. The van der Waals surface area contributed by atoms with Crippen LogP contribution in [0.25, 0.3) is 0 Å². The Kier molecular flexibility index (Phi) is 11.7. The normalized spacial score (nSPS) is 11.3. The molecule has 2 rings (SSSR count). The van der Waals surface area contributed by atoms with Crippen LogP contribution >= 0.6 is 12.4 Å². The maximum absolute atomic E-state index is 12.6. The van der Waals surface area contributed by atoms with Gasteiger partial charge in [-0.3, -0.25) is 5.21 Å². The van der Waals surface area contributed by atoms with E-state index in [-0.39, 0.29) is 18.5 Å². The molecule has 0 bridgehead atoms. The number of carbonyl (C=O) groups excluding carboxylic acids is 1. The number of rotatable bonds is 6. The van der Waals surface area contributed by atoms with Crippen molar-refractivity contribution >= 4 is 18.4 Å². The Morgan fingerprint density at radius 3 is 2.11 bits per heavy atom. The molecule has 28 heavy (non-hydrogen) atoms. The van der Waals surface area contributed by atoms with E-state index >= 15 is 0 Å². The predicted octanol–water partition coefficient (Wildman–Crippen LogP) is 3.90. The first-order valence-electron chi connectivity index (χ1n) is 8.01. The second kappa shape index (κ2) is 12.8. The zero-order chi connectivity index (χ0) is 20.3. The molecule has 5 N–H and O–H groups in total. The number of alkyl halides is 3. The fraction of sp³-hybridized carbons (Fsp3) is 0.278. The molecule has 0 saturated carbocycles. The van der Waals surface area contributed by atoms with Crippen LogP contribution in [0.3, 0.4) is 0 Å². The lowest BCUT2D eigenvalue weighted by molar-refractivity contribution is -0.137. The first-order chi connectivity index (χ1) is 12.8. The first-order valence-corrected chi connectivity index (χ1v) is 8.01. The molecule has 2 aromatic rings. The van der Waals surface area contributed by atoms with Crippen LogP contribution in [0.1, 0.15) is 23.7 Å². The van der Waals surface area contributed by atoms with Crippen molar-refractivity contribution in [2.45, 2.75) is 18.7 Å². The zero-order valence-corrected chi connectivity index (χ0v) is 15.9. The fourth-order valence-electron chi connectivity index (χ4n) is 2.12. The van der Waals surface area contributed by atoms with Gasteiger partial charge in [-0.05, 0) is 43.4 Å². The highest BCUT2D eigenvalue weighted by Crippen LogP contribution is 2.31. The van der Waals surface area contributed by atoms with E-state index in [9.17, 15) is 18.0 Å². The van der Waals surface area contributed by atoms with Gasteiger partial charge in [0, 0.05) is 6.42 Å². The van der Waals surface area contributed by atoms with Gasteiger partial charge >= 0.3 is 12.2 Å². The molecule has 0 fully saturated rings. The van der Waals surface area contributed by atoms with Crippen molar-refractivity contribution in [3.8, 4) is 5.75 Å². The smallest absolute Gasteiger partial charge is 0.416 e. The molecule has 0 saturated heterocycles. The molecule has 1 atom stereocenters. The SMILES string of the molecule is CNCCC(Oc1ccc(C(F)(F)F)cc1)c1ccccc1.Cl.NC(=O)NO. The van der Waals surface area contributed by atoms with Crippen LogP contribution in [-0.4, -0.2) is 24.8 Å². The van der Waals surface area contributed by atoms with Crippen molar-refractivity contribution in [3.63, 3.8) is 0 Å². The summed E-state index contributed by atoms with van der Waals surface area (Å²) in [6.07, 6.45) is -3.81. The Hall–Kier alpha value is -2.49. The monoisotopic (exact) mass is 421 g/mol. The molecule has 0 aliphatic carbocycles. The average molecular weight is 422 g/mol. The van der Waals surface area contributed by atoms with Crippen LogP contribution in [0.15, 0.2) is 54.6 Å². The molecule has 6 nitrogen and oxygen atoms in total. The van der Waals surface area contributed by atoms with E-state index in [4.69, 9.17) is 9.94 Å². The van der Waals surface area contributed by atoms with Crippen LogP contribution in [0, 0.1) is 0 Å². The molecule has 0 radical (unpaired) electrons. The molecule has 10 heteroatoms. The third-order valence-corrected chi connectivity index (χ3v) is 3.40. The van der Waals surface area contributed by atoms with Crippen LogP contribution in [0.5, 0.6) is 5.75 Å². The van der Waals surface area contributed by atoms with Gasteiger partial charge in [-0.1, -0.05) is 30.3 Å². The first kappa shape index (κ1) is 25.5. The van der Waals surface area contributed by atoms with E-state index in [1.807, 2.05) is 37.4 Å². The van der Waals surface area contributed by atoms with Gasteiger partial charge in [0.2, 0.25) is 0 Å². The highest BCUT2D eigenvalue weighted by atomic mass is 35.5. The topological polar surface area (TPSA) is 96.6 Å². The average Bonchev–Trinajstić information content (AvgIpc) is 2.66. The van der Waals surface area contributed by atoms with Crippen LogP contribution < -0.4 is 21.3 Å².